The lowest BCUT2D eigenvalue weighted by molar-refractivity contribution is -0.141. The van der Waals surface area contributed by atoms with Gasteiger partial charge in [0.1, 0.15) is 17.9 Å². The van der Waals surface area contributed by atoms with Crippen LogP contribution in [0, 0.1) is 0 Å². The largest absolute Gasteiger partial charge is 0.488 e. The molecule has 11 heteroatoms. The maximum atomic E-state index is 12.8. The van der Waals surface area contributed by atoms with Crippen LogP contribution in [0.4, 0.5) is 4.79 Å². The summed E-state index contributed by atoms with van der Waals surface area (Å²) in [5, 5.41) is 24.5. The minimum Gasteiger partial charge on any atom is -0.488 e. The number of aromatic nitrogens is 2. The Morgan fingerprint density at radius 2 is 1.64 bits per heavy atom. The van der Waals surface area contributed by atoms with Gasteiger partial charge in [-0.2, -0.15) is 5.10 Å². The normalized spacial score (nSPS) is 18.1. The second-order valence-electron chi connectivity index (χ2n) is 10.5. The van der Waals surface area contributed by atoms with Crippen LogP contribution < -0.4 is 4.74 Å². The third-order valence-corrected chi connectivity index (χ3v) is 7.89. The van der Waals surface area contributed by atoms with E-state index in [1.54, 1.807) is 30.3 Å². The first-order valence-electron chi connectivity index (χ1n) is 13.6. The summed E-state index contributed by atoms with van der Waals surface area (Å²) in [6.07, 6.45) is -0.687. The number of ether oxygens (including phenoxy) is 1. The molecular weight excluding hydrogens is 540 g/mol. The number of aliphatic carboxylic acids is 1. The zero-order chi connectivity index (χ0) is 29.5. The fraction of sp³-hybridized carbons (Fsp3) is 0.258. The molecule has 1 fully saturated rings. The average Bonchev–Trinajstić information content (AvgIpc) is 3.62. The molecule has 3 amide bonds. The number of likely N-dealkylation sites (tertiary alicyclic amines) is 1. The Morgan fingerprint density at radius 3 is 2.31 bits per heavy atom. The number of aryl methyl sites for hydroxylation is 2. The van der Waals surface area contributed by atoms with E-state index in [0.29, 0.717) is 29.7 Å². The van der Waals surface area contributed by atoms with Gasteiger partial charge >= 0.3 is 12.1 Å². The van der Waals surface area contributed by atoms with Gasteiger partial charge in [-0.05, 0) is 54.3 Å². The summed E-state index contributed by atoms with van der Waals surface area (Å²) >= 11 is 0. The predicted molar refractivity (Wildman–Crippen MR) is 151 cm³/mol. The fourth-order valence-electron chi connectivity index (χ4n) is 5.94. The molecule has 2 N–H and O–H groups in total. The number of carbonyl (C=O) groups excluding carboxylic acids is 2. The van der Waals surface area contributed by atoms with Crippen molar-refractivity contribution in [3.63, 3.8) is 0 Å². The van der Waals surface area contributed by atoms with E-state index in [1.807, 2.05) is 48.1 Å². The summed E-state index contributed by atoms with van der Waals surface area (Å²) in [4.78, 5) is 50.8. The Bertz CT molecular complexity index is 1690. The van der Waals surface area contributed by atoms with Crippen molar-refractivity contribution >= 4 is 34.8 Å². The highest BCUT2D eigenvalue weighted by atomic mass is 16.5. The van der Waals surface area contributed by atoms with Crippen molar-refractivity contribution < 1.29 is 34.1 Å². The zero-order valence-electron chi connectivity index (χ0n) is 22.8. The van der Waals surface area contributed by atoms with Crippen LogP contribution in [0.15, 0.2) is 66.7 Å². The first-order valence-corrected chi connectivity index (χ1v) is 13.6. The summed E-state index contributed by atoms with van der Waals surface area (Å²) in [6.45, 7) is 0.253. The number of imide groups is 1. The van der Waals surface area contributed by atoms with E-state index in [1.165, 1.54) is 4.90 Å². The second kappa shape index (κ2) is 10.7. The van der Waals surface area contributed by atoms with Gasteiger partial charge < -0.3 is 14.9 Å². The topological polar surface area (TPSA) is 142 Å². The lowest BCUT2D eigenvalue weighted by Crippen LogP contribution is -2.39. The lowest BCUT2D eigenvalue weighted by Gasteiger charge is -2.17. The molecule has 6 rings (SSSR count). The molecular formula is C31H28N4O7. The van der Waals surface area contributed by atoms with Gasteiger partial charge in [0.2, 0.25) is 0 Å². The summed E-state index contributed by atoms with van der Waals surface area (Å²) in [6, 6.07) is 18.9. The van der Waals surface area contributed by atoms with E-state index in [-0.39, 0.29) is 31.3 Å². The summed E-state index contributed by atoms with van der Waals surface area (Å²) in [5.41, 5.74) is 4.41. The molecule has 214 valence electrons. The smallest absolute Gasteiger partial charge is 0.408 e. The number of hydrogen-bond acceptors (Lipinski definition) is 6. The molecule has 0 unspecified atom stereocenters. The maximum Gasteiger partial charge on any atom is 0.408 e. The van der Waals surface area contributed by atoms with Crippen molar-refractivity contribution in [3.05, 3.63) is 83.6 Å². The van der Waals surface area contributed by atoms with E-state index in [0.717, 1.165) is 32.6 Å². The summed E-state index contributed by atoms with van der Waals surface area (Å²) in [7, 11) is 1.87. The Kier molecular flexibility index (Phi) is 6.85. The van der Waals surface area contributed by atoms with Gasteiger partial charge in [-0.15, -0.1) is 0 Å². The Labute approximate surface area is 240 Å². The standard InChI is InChI=1S/C31H28N4O7/c1-33-25(13-6-14-34-28(36)22-9-2-3-10-23(22)29(34)37)27-21(11-5-12-24(27)32-33)18-7-4-8-19(15-18)42-20-16-26(30(38)39)35(17-20)31(40)41/h2-5,7-12,15,20,26H,6,13-14,16-17H2,1H3,(H,38,39)(H,40,41)/t20-,26-/m0/s1. The number of amides is 3. The van der Waals surface area contributed by atoms with E-state index >= 15 is 0 Å². The van der Waals surface area contributed by atoms with Crippen LogP contribution in [0.1, 0.15) is 39.3 Å². The highest BCUT2D eigenvalue weighted by molar-refractivity contribution is 6.21. The number of fused-ring (bicyclic) bond motifs is 2. The number of carbonyl (C=O) groups is 4. The van der Waals surface area contributed by atoms with E-state index in [4.69, 9.17) is 4.74 Å². The first-order chi connectivity index (χ1) is 20.2. The van der Waals surface area contributed by atoms with Gasteiger partial charge in [0.15, 0.2) is 0 Å². The van der Waals surface area contributed by atoms with Crippen LogP contribution in [-0.2, 0) is 18.3 Å². The average molecular weight is 569 g/mol. The molecule has 2 aliphatic rings. The molecule has 4 aromatic rings. The molecule has 1 aromatic heterocycles. The van der Waals surface area contributed by atoms with Crippen LogP contribution in [0.25, 0.3) is 22.0 Å². The predicted octanol–water partition coefficient (Wildman–Crippen LogP) is 4.05. The van der Waals surface area contributed by atoms with Gasteiger partial charge in [0.25, 0.3) is 11.8 Å². The van der Waals surface area contributed by atoms with Gasteiger partial charge in [-0.3, -0.25) is 24.1 Å². The molecule has 0 spiro atoms. The maximum absolute atomic E-state index is 12.8. The van der Waals surface area contributed by atoms with E-state index in [2.05, 4.69) is 5.10 Å². The van der Waals surface area contributed by atoms with Crippen LogP contribution in [0.2, 0.25) is 0 Å². The Hall–Kier alpha value is -5.19. The van der Waals surface area contributed by atoms with Gasteiger partial charge in [0.05, 0.1) is 23.2 Å². The molecule has 2 aliphatic heterocycles. The summed E-state index contributed by atoms with van der Waals surface area (Å²) < 4.78 is 7.88. The van der Waals surface area contributed by atoms with Gasteiger partial charge in [-0.25, -0.2) is 9.59 Å². The van der Waals surface area contributed by atoms with E-state index < -0.39 is 24.2 Å². The number of carboxylic acid groups (broad SMARTS) is 2. The third kappa shape index (κ3) is 4.72. The monoisotopic (exact) mass is 568 g/mol. The Morgan fingerprint density at radius 1 is 0.952 bits per heavy atom. The van der Waals surface area contributed by atoms with Crippen molar-refractivity contribution in [2.45, 2.75) is 31.4 Å². The van der Waals surface area contributed by atoms with Crippen LogP contribution in [0.5, 0.6) is 5.75 Å². The van der Waals surface area contributed by atoms with E-state index in [9.17, 15) is 29.4 Å². The quantitative estimate of drug-likeness (QED) is 0.303. The molecule has 42 heavy (non-hydrogen) atoms. The molecule has 0 radical (unpaired) electrons. The van der Waals surface area contributed by atoms with Crippen molar-refractivity contribution in [1.29, 1.82) is 0 Å². The van der Waals surface area contributed by atoms with Crippen molar-refractivity contribution in [2.24, 2.45) is 7.05 Å². The van der Waals surface area contributed by atoms with Gasteiger partial charge in [-0.1, -0.05) is 36.4 Å². The molecule has 1 saturated heterocycles. The van der Waals surface area contributed by atoms with Crippen LogP contribution >= 0.6 is 0 Å². The second-order valence-corrected chi connectivity index (χ2v) is 10.5. The number of carboxylic acids is 1. The minimum atomic E-state index is -1.29. The molecule has 0 bridgehead atoms. The van der Waals surface area contributed by atoms with Crippen LogP contribution in [0.3, 0.4) is 0 Å². The van der Waals surface area contributed by atoms with Crippen molar-refractivity contribution in [2.75, 3.05) is 13.1 Å². The first kappa shape index (κ1) is 27.0. The molecule has 0 aliphatic carbocycles. The van der Waals surface area contributed by atoms with Gasteiger partial charge in [0, 0.05) is 31.1 Å². The highest BCUT2D eigenvalue weighted by Gasteiger charge is 2.41. The summed E-state index contributed by atoms with van der Waals surface area (Å²) in [5.74, 6) is -1.24. The zero-order valence-corrected chi connectivity index (χ0v) is 22.8. The number of nitrogens with zero attached hydrogens (tertiary/aromatic N) is 4. The molecule has 2 atom stereocenters. The van der Waals surface area contributed by atoms with Crippen LogP contribution in [-0.4, -0.2) is 78.9 Å². The fourth-order valence-corrected chi connectivity index (χ4v) is 5.94. The third-order valence-electron chi connectivity index (χ3n) is 7.89. The number of benzene rings is 3. The SMILES string of the molecule is Cn1nc2cccc(-c3cccc(O[C@H]4C[C@@H](C(=O)O)N(C(=O)O)C4)c3)c2c1CCCN1C(=O)c2ccccc2C1=O. The molecule has 3 heterocycles. The molecule has 3 aromatic carbocycles. The highest BCUT2D eigenvalue weighted by Crippen LogP contribution is 2.34. The van der Waals surface area contributed by atoms with Crippen molar-refractivity contribution in [1.82, 2.24) is 19.6 Å². The lowest BCUT2D eigenvalue weighted by atomic mass is 9.98. The van der Waals surface area contributed by atoms with Crippen molar-refractivity contribution in [3.8, 4) is 16.9 Å². The molecule has 11 nitrogen and oxygen atoms in total. The minimum absolute atomic E-state index is 0.0357. The number of rotatable bonds is 8. The molecule has 0 saturated carbocycles. The Balaban J connectivity index is 1.22. The number of hydrogen-bond donors (Lipinski definition) is 2.